The van der Waals surface area contributed by atoms with Crippen molar-refractivity contribution < 1.29 is 5.11 Å². The maximum atomic E-state index is 9.28. The summed E-state index contributed by atoms with van der Waals surface area (Å²) < 4.78 is 0. The first-order valence-electron chi connectivity index (χ1n) is 9.12. The summed E-state index contributed by atoms with van der Waals surface area (Å²) >= 11 is 0. The number of halogens is 1. The second kappa shape index (κ2) is 13.4. The summed E-state index contributed by atoms with van der Waals surface area (Å²) in [7, 11) is 2.08. The van der Waals surface area contributed by atoms with E-state index in [0.29, 0.717) is 11.8 Å². The lowest BCUT2D eigenvalue weighted by atomic mass is 9.94. The SMILES string of the molecule is CCNC(=NCC(CCO)CC(C)C)N(C)Cc1ccccc1C.I. The molecular formula is C20H36IN3O. The molecule has 0 aliphatic carbocycles. The van der Waals surface area contributed by atoms with Gasteiger partial charge in [0.1, 0.15) is 0 Å². The molecule has 0 heterocycles. The van der Waals surface area contributed by atoms with Gasteiger partial charge in [-0.25, -0.2) is 0 Å². The van der Waals surface area contributed by atoms with Crippen LogP contribution in [0.1, 0.15) is 44.7 Å². The molecule has 0 radical (unpaired) electrons. The van der Waals surface area contributed by atoms with Gasteiger partial charge >= 0.3 is 0 Å². The minimum absolute atomic E-state index is 0. The third-order valence-corrected chi connectivity index (χ3v) is 4.21. The first-order chi connectivity index (χ1) is 11.5. The second-order valence-corrected chi connectivity index (χ2v) is 6.99. The van der Waals surface area contributed by atoms with Gasteiger partial charge in [-0.1, -0.05) is 38.1 Å². The molecule has 0 fully saturated rings. The van der Waals surface area contributed by atoms with Crippen molar-refractivity contribution in [3.8, 4) is 0 Å². The molecule has 1 aromatic rings. The largest absolute Gasteiger partial charge is 0.396 e. The van der Waals surface area contributed by atoms with Crippen LogP contribution < -0.4 is 5.32 Å². The summed E-state index contributed by atoms with van der Waals surface area (Å²) in [5.74, 6) is 2.01. The van der Waals surface area contributed by atoms with Crippen molar-refractivity contribution in [3.05, 3.63) is 35.4 Å². The number of hydrogen-bond acceptors (Lipinski definition) is 2. The van der Waals surface area contributed by atoms with Crippen molar-refractivity contribution >= 4 is 29.9 Å². The fourth-order valence-electron chi connectivity index (χ4n) is 2.94. The summed E-state index contributed by atoms with van der Waals surface area (Å²) in [6.45, 7) is 11.4. The van der Waals surface area contributed by atoms with Gasteiger partial charge in [-0.3, -0.25) is 4.99 Å². The Balaban J connectivity index is 0.00000576. The minimum Gasteiger partial charge on any atom is -0.396 e. The zero-order chi connectivity index (χ0) is 17.9. The lowest BCUT2D eigenvalue weighted by Gasteiger charge is -2.24. The molecule has 0 amide bonds. The van der Waals surface area contributed by atoms with Crippen LogP contribution in [0, 0.1) is 18.8 Å². The molecule has 2 N–H and O–H groups in total. The van der Waals surface area contributed by atoms with E-state index >= 15 is 0 Å². The van der Waals surface area contributed by atoms with E-state index in [1.54, 1.807) is 0 Å². The van der Waals surface area contributed by atoms with Gasteiger partial charge in [0.2, 0.25) is 0 Å². The maximum absolute atomic E-state index is 9.28. The maximum Gasteiger partial charge on any atom is 0.193 e. The number of guanidine groups is 1. The smallest absolute Gasteiger partial charge is 0.193 e. The van der Waals surface area contributed by atoms with Crippen molar-refractivity contribution in [2.75, 3.05) is 26.7 Å². The van der Waals surface area contributed by atoms with Crippen LogP contribution in [-0.2, 0) is 6.54 Å². The van der Waals surface area contributed by atoms with Crippen molar-refractivity contribution in [1.82, 2.24) is 10.2 Å². The minimum atomic E-state index is 0. The number of rotatable bonds is 9. The standard InChI is InChI=1S/C20H35N3O.HI/c1-6-21-20(22-14-18(11-12-24)13-16(2)3)23(5)15-19-10-8-7-9-17(19)4;/h7-10,16,18,24H,6,11-15H2,1-5H3,(H,21,22);1H. The van der Waals surface area contributed by atoms with Crippen LogP contribution in [0.25, 0.3) is 0 Å². The molecule has 0 spiro atoms. The molecule has 1 atom stereocenters. The van der Waals surface area contributed by atoms with Crippen LogP contribution in [-0.4, -0.2) is 42.7 Å². The number of aryl methyl sites for hydroxylation is 1. The van der Waals surface area contributed by atoms with Gasteiger partial charge in [-0.05, 0) is 49.7 Å². The Bertz CT molecular complexity index is 505. The van der Waals surface area contributed by atoms with Gasteiger partial charge in [-0.15, -0.1) is 24.0 Å². The van der Waals surface area contributed by atoms with E-state index in [1.807, 2.05) is 0 Å². The van der Waals surface area contributed by atoms with Gasteiger partial charge in [0.15, 0.2) is 5.96 Å². The number of nitrogens with zero attached hydrogens (tertiary/aromatic N) is 2. The topological polar surface area (TPSA) is 47.9 Å². The average Bonchev–Trinajstić information content (AvgIpc) is 2.53. The van der Waals surface area contributed by atoms with Crippen LogP contribution in [0.2, 0.25) is 0 Å². The Morgan fingerprint density at radius 1 is 1.28 bits per heavy atom. The lowest BCUT2D eigenvalue weighted by molar-refractivity contribution is 0.245. The number of aliphatic hydroxyl groups is 1. The van der Waals surface area contributed by atoms with E-state index < -0.39 is 0 Å². The summed E-state index contributed by atoms with van der Waals surface area (Å²) in [4.78, 5) is 7.01. The number of benzene rings is 1. The van der Waals surface area contributed by atoms with E-state index in [0.717, 1.165) is 38.4 Å². The first-order valence-corrected chi connectivity index (χ1v) is 9.12. The summed E-state index contributed by atoms with van der Waals surface area (Å²) in [6.07, 6.45) is 1.92. The Morgan fingerprint density at radius 3 is 2.52 bits per heavy atom. The molecule has 0 saturated carbocycles. The van der Waals surface area contributed by atoms with Crippen molar-refractivity contribution in [2.24, 2.45) is 16.8 Å². The van der Waals surface area contributed by atoms with Gasteiger partial charge < -0.3 is 15.3 Å². The van der Waals surface area contributed by atoms with Crippen LogP contribution in [0.15, 0.2) is 29.3 Å². The molecule has 0 aromatic heterocycles. The highest BCUT2D eigenvalue weighted by atomic mass is 127. The highest BCUT2D eigenvalue weighted by Gasteiger charge is 2.12. The Morgan fingerprint density at radius 2 is 1.96 bits per heavy atom. The fraction of sp³-hybridized carbons (Fsp3) is 0.650. The highest BCUT2D eigenvalue weighted by molar-refractivity contribution is 14.0. The normalized spacial score (nSPS) is 12.7. The molecule has 0 bridgehead atoms. The van der Waals surface area contributed by atoms with E-state index in [2.05, 4.69) is 69.2 Å². The van der Waals surface area contributed by atoms with Crippen molar-refractivity contribution in [3.63, 3.8) is 0 Å². The molecule has 25 heavy (non-hydrogen) atoms. The van der Waals surface area contributed by atoms with Crippen LogP contribution in [0.5, 0.6) is 0 Å². The van der Waals surface area contributed by atoms with E-state index in [-0.39, 0.29) is 30.6 Å². The summed E-state index contributed by atoms with van der Waals surface area (Å²) in [5, 5.41) is 12.7. The highest BCUT2D eigenvalue weighted by Crippen LogP contribution is 2.16. The molecule has 5 heteroatoms. The predicted molar refractivity (Wildman–Crippen MR) is 119 cm³/mol. The molecule has 0 aliphatic rings. The number of nitrogens with one attached hydrogen (secondary N) is 1. The van der Waals surface area contributed by atoms with Gasteiger partial charge in [-0.2, -0.15) is 0 Å². The Hall–Kier alpha value is -0.820. The first kappa shape index (κ1) is 24.2. The van der Waals surface area contributed by atoms with Crippen molar-refractivity contribution in [1.29, 1.82) is 0 Å². The molecule has 0 aliphatic heterocycles. The molecule has 0 saturated heterocycles. The number of hydrogen-bond donors (Lipinski definition) is 2. The third kappa shape index (κ3) is 9.45. The Labute approximate surface area is 171 Å². The van der Waals surface area contributed by atoms with Gasteiger partial charge in [0.25, 0.3) is 0 Å². The predicted octanol–water partition coefficient (Wildman–Crippen LogP) is 4.06. The van der Waals surface area contributed by atoms with Crippen LogP contribution in [0.3, 0.4) is 0 Å². The van der Waals surface area contributed by atoms with Gasteiger partial charge in [0.05, 0.1) is 0 Å². The second-order valence-electron chi connectivity index (χ2n) is 6.99. The number of aliphatic imine (C=N–C) groups is 1. The summed E-state index contributed by atoms with van der Waals surface area (Å²) in [5.41, 5.74) is 2.62. The van der Waals surface area contributed by atoms with E-state index in [1.165, 1.54) is 11.1 Å². The number of aliphatic hydroxyl groups excluding tert-OH is 1. The average molecular weight is 461 g/mol. The van der Waals surface area contributed by atoms with Crippen LogP contribution in [0.4, 0.5) is 0 Å². The quantitative estimate of drug-likeness (QED) is 0.331. The lowest BCUT2D eigenvalue weighted by Crippen LogP contribution is -2.39. The van der Waals surface area contributed by atoms with Crippen LogP contribution >= 0.6 is 24.0 Å². The van der Waals surface area contributed by atoms with E-state index in [4.69, 9.17) is 4.99 Å². The van der Waals surface area contributed by atoms with E-state index in [9.17, 15) is 5.11 Å². The fourth-order valence-corrected chi connectivity index (χ4v) is 2.94. The molecule has 4 nitrogen and oxygen atoms in total. The molecule has 144 valence electrons. The molecular weight excluding hydrogens is 425 g/mol. The van der Waals surface area contributed by atoms with Crippen molar-refractivity contribution in [2.45, 2.75) is 47.1 Å². The molecule has 1 unspecified atom stereocenters. The molecule has 1 aromatic carbocycles. The monoisotopic (exact) mass is 461 g/mol. The van der Waals surface area contributed by atoms with Gasteiger partial charge in [0, 0.05) is 33.3 Å². The summed E-state index contributed by atoms with van der Waals surface area (Å²) in [6, 6.07) is 8.47. The molecule has 1 rings (SSSR count). The Kier molecular flexibility index (Phi) is 13.0. The zero-order valence-corrected chi connectivity index (χ0v) is 18.8. The third-order valence-electron chi connectivity index (χ3n) is 4.21. The zero-order valence-electron chi connectivity index (χ0n) is 16.5.